The second-order valence-electron chi connectivity index (χ2n) is 4.57. The van der Waals surface area contributed by atoms with Gasteiger partial charge in [0.2, 0.25) is 0 Å². The van der Waals surface area contributed by atoms with E-state index < -0.39 is 0 Å². The Hall–Kier alpha value is -1.88. The van der Waals surface area contributed by atoms with Crippen molar-refractivity contribution in [3.05, 3.63) is 36.7 Å². The van der Waals surface area contributed by atoms with E-state index in [1.54, 1.807) is 11.0 Å². The van der Waals surface area contributed by atoms with Crippen LogP contribution in [0.4, 0.5) is 0 Å². The summed E-state index contributed by atoms with van der Waals surface area (Å²) in [6, 6.07) is 10.3. The van der Waals surface area contributed by atoms with Crippen LogP contribution in [0.5, 0.6) is 6.01 Å². The van der Waals surface area contributed by atoms with Crippen molar-refractivity contribution in [2.75, 3.05) is 19.7 Å². The van der Waals surface area contributed by atoms with Gasteiger partial charge in [-0.2, -0.15) is 4.98 Å². The van der Waals surface area contributed by atoms with Crippen molar-refractivity contribution < 1.29 is 4.74 Å². The Morgan fingerprint density at radius 2 is 2.00 bits per heavy atom. The molecular formula is C15H22N4O. The maximum atomic E-state index is 5.55. The first-order valence-electron chi connectivity index (χ1n) is 7.20. The van der Waals surface area contributed by atoms with Crippen LogP contribution < -0.4 is 10.1 Å². The summed E-state index contributed by atoms with van der Waals surface area (Å²) >= 11 is 0. The molecule has 0 bridgehead atoms. The number of unbranched alkanes of at least 4 members (excludes halogenated alkanes) is 2. The number of benzene rings is 1. The van der Waals surface area contributed by atoms with Crippen molar-refractivity contribution in [2.24, 2.45) is 0 Å². The number of hydrogen-bond acceptors (Lipinski definition) is 4. The zero-order chi connectivity index (χ0) is 14.0. The lowest BCUT2D eigenvalue weighted by Gasteiger charge is -2.03. The molecule has 1 N–H and O–H groups in total. The third-order valence-corrected chi connectivity index (χ3v) is 2.97. The van der Waals surface area contributed by atoms with Gasteiger partial charge in [-0.25, -0.2) is 4.68 Å². The van der Waals surface area contributed by atoms with Crippen molar-refractivity contribution in [3.63, 3.8) is 0 Å². The Kier molecular flexibility index (Phi) is 6.05. The van der Waals surface area contributed by atoms with E-state index in [0.29, 0.717) is 12.6 Å². The Labute approximate surface area is 120 Å². The van der Waals surface area contributed by atoms with Gasteiger partial charge in [-0.05, 0) is 44.5 Å². The second kappa shape index (κ2) is 8.32. The maximum absolute atomic E-state index is 5.55. The Morgan fingerprint density at radius 3 is 2.80 bits per heavy atom. The van der Waals surface area contributed by atoms with E-state index in [9.17, 15) is 0 Å². The molecule has 5 heteroatoms. The molecule has 1 aromatic carbocycles. The summed E-state index contributed by atoms with van der Waals surface area (Å²) in [4.78, 5) is 4.16. The zero-order valence-electron chi connectivity index (χ0n) is 12.0. The fourth-order valence-corrected chi connectivity index (χ4v) is 1.89. The van der Waals surface area contributed by atoms with E-state index in [-0.39, 0.29) is 0 Å². The summed E-state index contributed by atoms with van der Waals surface area (Å²) in [5, 5.41) is 7.61. The first-order chi connectivity index (χ1) is 9.90. The topological polar surface area (TPSA) is 52.0 Å². The highest BCUT2D eigenvalue weighted by Crippen LogP contribution is 2.08. The van der Waals surface area contributed by atoms with Crippen LogP contribution in [0.15, 0.2) is 36.7 Å². The number of hydrogen-bond donors (Lipinski definition) is 1. The molecule has 108 valence electrons. The SMILES string of the molecule is CCNCCCCCOc1ncn(-c2ccccc2)n1. The molecule has 2 rings (SSSR count). The molecule has 0 aliphatic carbocycles. The van der Waals surface area contributed by atoms with E-state index in [0.717, 1.165) is 31.6 Å². The summed E-state index contributed by atoms with van der Waals surface area (Å²) < 4.78 is 7.27. The summed E-state index contributed by atoms with van der Waals surface area (Å²) in [6.45, 7) is 4.91. The Morgan fingerprint density at radius 1 is 1.15 bits per heavy atom. The predicted octanol–water partition coefficient (Wildman–Crippen LogP) is 2.43. The monoisotopic (exact) mass is 274 g/mol. The molecule has 1 heterocycles. The van der Waals surface area contributed by atoms with Crippen LogP contribution in [0.25, 0.3) is 5.69 Å². The molecule has 0 radical (unpaired) electrons. The largest absolute Gasteiger partial charge is 0.462 e. The lowest BCUT2D eigenvalue weighted by molar-refractivity contribution is 0.282. The molecule has 0 spiro atoms. The standard InChI is InChI=1S/C15H22N4O/c1-2-16-11-7-4-8-12-20-15-17-13-19(18-15)14-9-5-3-6-10-14/h3,5-6,9-10,13,16H,2,4,7-8,11-12H2,1H3. The van der Waals surface area contributed by atoms with Gasteiger partial charge >= 0.3 is 6.01 Å². The fourth-order valence-electron chi connectivity index (χ4n) is 1.89. The van der Waals surface area contributed by atoms with E-state index in [2.05, 4.69) is 22.3 Å². The number of aromatic nitrogens is 3. The maximum Gasteiger partial charge on any atom is 0.335 e. The molecule has 0 aliphatic heterocycles. The Balaban J connectivity index is 1.69. The number of rotatable bonds is 9. The molecule has 0 saturated carbocycles. The van der Waals surface area contributed by atoms with E-state index >= 15 is 0 Å². The van der Waals surface area contributed by atoms with Gasteiger partial charge in [0.1, 0.15) is 6.33 Å². The molecule has 0 unspecified atom stereocenters. The minimum absolute atomic E-state index is 0.445. The van der Waals surface area contributed by atoms with Gasteiger partial charge in [-0.3, -0.25) is 0 Å². The van der Waals surface area contributed by atoms with Crippen LogP contribution in [0.3, 0.4) is 0 Å². The third-order valence-electron chi connectivity index (χ3n) is 2.97. The first kappa shape index (κ1) is 14.5. The first-order valence-corrected chi connectivity index (χ1v) is 7.20. The smallest absolute Gasteiger partial charge is 0.335 e. The quantitative estimate of drug-likeness (QED) is 0.714. The van der Waals surface area contributed by atoms with Gasteiger partial charge in [-0.1, -0.05) is 25.1 Å². The van der Waals surface area contributed by atoms with Crippen LogP contribution in [-0.4, -0.2) is 34.5 Å². The van der Waals surface area contributed by atoms with Crippen molar-refractivity contribution in [2.45, 2.75) is 26.2 Å². The van der Waals surface area contributed by atoms with E-state index in [1.807, 2.05) is 30.3 Å². The van der Waals surface area contributed by atoms with Crippen LogP contribution >= 0.6 is 0 Å². The van der Waals surface area contributed by atoms with Crippen LogP contribution in [-0.2, 0) is 0 Å². The Bertz CT molecular complexity index is 484. The number of nitrogens with zero attached hydrogens (tertiary/aromatic N) is 3. The average molecular weight is 274 g/mol. The number of ether oxygens (including phenoxy) is 1. The molecule has 0 atom stereocenters. The van der Waals surface area contributed by atoms with Crippen LogP contribution in [0.2, 0.25) is 0 Å². The van der Waals surface area contributed by atoms with E-state index in [4.69, 9.17) is 4.74 Å². The molecule has 2 aromatic rings. The lowest BCUT2D eigenvalue weighted by atomic mass is 10.2. The zero-order valence-corrected chi connectivity index (χ0v) is 12.0. The summed E-state index contributed by atoms with van der Waals surface area (Å²) in [5.41, 5.74) is 0.987. The molecule has 0 amide bonds. The number of para-hydroxylation sites is 1. The summed E-state index contributed by atoms with van der Waals surface area (Å²) in [7, 11) is 0. The van der Waals surface area contributed by atoms with Gasteiger partial charge in [-0.15, -0.1) is 5.10 Å². The third kappa shape index (κ3) is 4.66. The highest BCUT2D eigenvalue weighted by Gasteiger charge is 2.02. The van der Waals surface area contributed by atoms with Gasteiger partial charge in [0, 0.05) is 0 Å². The van der Waals surface area contributed by atoms with Gasteiger partial charge in [0.15, 0.2) is 0 Å². The number of nitrogens with one attached hydrogen (secondary N) is 1. The normalized spacial score (nSPS) is 10.7. The molecule has 0 saturated heterocycles. The van der Waals surface area contributed by atoms with Gasteiger partial charge in [0.05, 0.1) is 12.3 Å². The second-order valence-corrected chi connectivity index (χ2v) is 4.57. The highest BCUT2D eigenvalue weighted by atomic mass is 16.5. The molecule has 1 aromatic heterocycles. The highest BCUT2D eigenvalue weighted by molar-refractivity contribution is 5.29. The molecule has 0 aliphatic rings. The lowest BCUT2D eigenvalue weighted by Crippen LogP contribution is -2.14. The summed E-state index contributed by atoms with van der Waals surface area (Å²) in [5.74, 6) is 0. The van der Waals surface area contributed by atoms with E-state index in [1.165, 1.54) is 6.42 Å². The molecule has 0 fully saturated rings. The molecule has 20 heavy (non-hydrogen) atoms. The predicted molar refractivity (Wildman–Crippen MR) is 79.2 cm³/mol. The minimum atomic E-state index is 0.445. The van der Waals surface area contributed by atoms with Gasteiger partial charge in [0.25, 0.3) is 0 Å². The molecule has 5 nitrogen and oxygen atoms in total. The molecular weight excluding hydrogens is 252 g/mol. The van der Waals surface area contributed by atoms with Crippen LogP contribution in [0.1, 0.15) is 26.2 Å². The average Bonchev–Trinajstić information content (AvgIpc) is 2.96. The van der Waals surface area contributed by atoms with Crippen molar-refractivity contribution in [1.29, 1.82) is 0 Å². The van der Waals surface area contributed by atoms with Crippen molar-refractivity contribution in [1.82, 2.24) is 20.1 Å². The fraction of sp³-hybridized carbons (Fsp3) is 0.467. The van der Waals surface area contributed by atoms with Crippen molar-refractivity contribution >= 4 is 0 Å². The minimum Gasteiger partial charge on any atom is -0.462 e. The van der Waals surface area contributed by atoms with Gasteiger partial charge < -0.3 is 10.1 Å². The summed E-state index contributed by atoms with van der Waals surface area (Å²) in [6.07, 6.45) is 5.05. The van der Waals surface area contributed by atoms with Crippen LogP contribution in [0, 0.1) is 0 Å². The van der Waals surface area contributed by atoms with Crippen molar-refractivity contribution in [3.8, 4) is 11.7 Å².